The first-order valence-corrected chi connectivity index (χ1v) is 21.4. The van der Waals surface area contributed by atoms with Crippen LogP contribution in [0.2, 0.25) is 0 Å². The van der Waals surface area contributed by atoms with Crippen molar-refractivity contribution in [3.05, 3.63) is 166 Å². The van der Waals surface area contributed by atoms with E-state index in [4.69, 9.17) is 10.2 Å². The van der Waals surface area contributed by atoms with Crippen LogP contribution in [-0.2, 0) is 11.3 Å². The van der Waals surface area contributed by atoms with Crippen molar-refractivity contribution in [3.63, 3.8) is 0 Å². The summed E-state index contributed by atoms with van der Waals surface area (Å²) in [6.07, 6.45) is -0.294. The van der Waals surface area contributed by atoms with E-state index in [1.165, 1.54) is 12.5 Å². The van der Waals surface area contributed by atoms with Gasteiger partial charge in [-0.15, -0.1) is 9.13 Å². The molecule has 0 N–H and O–H groups in total. The third-order valence-corrected chi connectivity index (χ3v) is 13.0. The van der Waals surface area contributed by atoms with Gasteiger partial charge in [0, 0.05) is 24.6 Å². The summed E-state index contributed by atoms with van der Waals surface area (Å²) in [5, 5.41) is 0. The Kier molecular flexibility index (Phi) is 6.31. The number of aryl methyl sites for hydroxylation is 3. The topological polar surface area (TPSA) is 21.9 Å². The average molecular weight is 806 g/mol. The van der Waals surface area contributed by atoms with E-state index in [2.05, 4.69) is 136 Å². The van der Waals surface area contributed by atoms with Crippen LogP contribution in [0, 0.1) is 27.7 Å². The Morgan fingerprint density at radius 2 is 1.44 bits per heavy atom. The number of para-hydroxylation sites is 1. The van der Waals surface area contributed by atoms with Gasteiger partial charge in [0.05, 0.1) is 13.8 Å². The second-order valence-corrected chi connectivity index (χ2v) is 18.9. The molecule has 3 aliphatic heterocycles. The number of pyridine rings is 1. The Hall–Kier alpha value is -6.26. The molecule has 1 atom stereocenters. The van der Waals surface area contributed by atoms with Gasteiger partial charge < -0.3 is 4.74 Å². The molecule has 4 heteroatoms. The molecule has 11 rings (SSSR count). The summed E-state index contributed by atoms with van der Waals surface area (Å²) in [5.41, 5.74) is 14.7. The van der Waals surface area contributed by atoms with Gasteiger partial charge in [-0.05, 0) is 143 Å². The van der Waals surface area contributed by atoms with Gasteiger partial charge in [0.1, 0.15) is 18.2 Å². The summed E-state index contributed by atoms with van der Waals surface area (Å²) in [5.74, 6) is -0.877. The lowest BCUT2D eigenvalue weighted by atomic mass is 9.80. The van der Waals surface area contributed by atoms with Crippen molar-refractivity contribution >= 4 is 11.0 Å². The number of hydrogen-bond donors (Lipinski definition) is 0. The van der Waals surface area contributed by atoms with Gasteiger partial charge in [0.2, 0.25) is 5.69 Å². The first kappa shape index (κ1) is 29.9. The Labute approximate surface area is 372 Å². The summed E-state index contributed by atoms with van der Waals surface area (Å²) < 4.78 is 89.0. The van der Waals surface area contributed by atoms with Crippen molar-refractivity contribution in [2.45, 2.75) is 99.2 Å². The summed E-state index contributed by atoms with van der Waals surface area (Å²) in [4.78, 5) is 0. The fourth-order valence-corrected chi connectivity index (χ4v) is 10.2. The Bertz CT molecular complexity index is 3640. The average Bonchev–Trinajstić information content (AvgIpc) is 3.79. The smallest absolute Gasteiger partial charge is 0.392 e. The van der Waals surface area contributed by atoms with Gasteiger partial charge in [-0.3, -0.25) is 0 Å². The summed E-state index contributed by atoms with van der Waals surface area (Å²) in [7, 11) is 0. The maximum atomic E-state index is 10.2. The second kappa shape index (κ2) is 12.9. The number of imidazole rings is 1. The number of nitrogens with zero attached hydrogens (tertiary/aromatic N) is 3. The molecule has 0 fully saturated rings. The number of benzene rings is 6. The first-order chi connectivity index (χ1) is 32.4. The largest absolute Gasteiger partial charge is 0.499 e. The van der Waals surface area contributed by atoms with Crippen molar-refractivity contribution in [1.82, 2.24) is 4.57 Å². The van der Waals surface area contributed by atoms with Crippen molar-refractivity contribution in [2.24, 2.45) is 0 Å². The van der Waals surface area contributed by atoms with Crippen LogP contribution in [0.15, 0.2) is 121 Å². The van der Waals surface area contributed by atoms with E-state index in [0.29, 0.717) is 17.0 Å². The maximum absolute atomic E-state index is 10.2. The maximum Gasteiger partial charge on any atom is 0.499 e. The highest BCUT2D eigenvalue weighted by molar-refractivity contribution is 5.98. The van der Waals surface area contributed by atoms with E-state index in [-0.39, 0.29) is 64.4 Å². The molecule has 0 saturated heterocycles. The summed E-state index contributed by atoms with van der Waals surface area (Å²) in [6, 6.07) is 25.9. The zero-order chi connectivity index (χ0) is 49.5. The van der Waals surface area contributed by atoms with Crippen LogP contribution in [0.3, 0.4) is 0 Å². The monoisotopic (exact) mass is 805 g/mol. The van der Waals surface area contributed by atoms with Gasteiger partial charge in [-0.1, -0.05) is 115 Å². The molecule has 2 aromatic heterocycles. The van der Waals surface area contributed by atoms with Gasteiger partial charge in [0.25, 0.3) is 0 Å². The molecule has 6 aromatic carbocycles. The zero-order valence-corrected chi connectivity index (χ0v) is 36.8. The lowest BCUT2D eigenvalue weighted by Gasteiger charge is -2.33. The predicted molar refractivity (Wildman–Crippen MR) is 250 cm³/mol. The van der Waals surface area contributed by atoms with Crippen LogP contribution in [0.1, 0.15) is 116 Å². The summed E-state index contributed by atoms with van der Waals surface area (Å²) >= 11 is 0. The van der Waals surface area contributed by atoms with Crippen molar-refractivity contribution < 1.29 is 24.8 Å². The molecule has 1 spiro atoms. The first-order valence-electron chi connectivity index (χ1n) is 25.4. The SMILES string of the molecule is [2H]c1c([2H])c(-c2c([2H])c([2H])[n+]3c(c2[2H])-c2cc(C(C)(C)C)cc4c2C32Oc3c(C)cc(C)cc3-c3n(-c5ccc(-c6c(C(C)C)cccc6C([2H])(C)C)cc5C)c5cccc-4c5[n+]32)c([2H])c([2H])c1C. The second-order valence-electron chi connectivity index (χ2n) is 18.9. The van der Waals surface area contributed by atoms with Crippen molar-refractivity contribution in [1.29, 1.82) is 0 Å². The Morgan fingerprint density at radius 3 is 2.16 bits per heavy atom. The lowest BCUT2D eigenvalue weighted by molar-refractivity contribution is -0.997. The number of hydrogen-bond acceptors (Lipinski definition) is 1. The molecule has 0 aliphatic carbocycles. The highest BCUT2D eigenvalue weighted by Crippen LogP contribution is 2.55. The van der Waals surface area contributed by atoms with Crippen LogP contribution in [0.4, 0.5) is 0 Å². The van der Waals surface area contributed by atoms with Gasteiger partial charge in [-0.25, -0.2) is 0 Å². The van der Waals surface area contributed by atoms with E-state index >= 15 is 0 Å². The molecule has 0 amide bonds. The molecule has 1 unspecified atom stereocenters. The minimum Gasteiger partial charge on any atom is -0.392 e. The third kappa shape index (κ3) is 5.17. The molecule has 3 aliphatic rings. The highest BCUT2D eigenvalue weighted by Gasteiger charge is 2.68. The molecule has 4 nitrogen and oxygen atoms in total. The van der Waals surface area contributed by atoms with Crippen LogP contribution in [0.25, 0.3) is 72.7 Å². The fraction of sp³-hybridized carbons (Fsp3) is 0.263. The van der Waals surface area contributed by atoms with E-state index in [9.17, 15) is 5.48 Å². The molecule has 0 saturated carbocycles. The molecule has 5 heterocycles. The highest BCUT2D eigenvalue weighted by atomic mass is 16.5. The van der Waals surface area contributed by atoms with Gasteiger partial charge >= 0.3 is 11.7 Å². The van der Waals surface area contributed by atoms with Crippen molar-refractivity contribution in [3.8, 4) is 67.5 Å². The zero-order valence-electron chi connectivity index (χ0n) is 44.8. The van der Waals surface area contributed by atoms with E-state index < -0.39 is 17.8 Å². The lowest BCUT2D eigenvalue weighted by Crippen LogP contribution is -2.78. The molecule has 0 radical (unpaired) electrons. The van der Waals surface area contributed by atoms with Crippen LogP contribution >= 0.6 is 0 Å². The Balaban J connectivity index is 1.31. The molecule has 302 valence electrons. The third-order valence-electron chi connectivity index (χ3n) is 13.0. The predicted octanol–water partition coefficient (Wildman–Crippen LogP) is 13.5. The van der Waals surface area contributed by atoms with Gasteiger partial charge in [-0.2, -0.15) is 4.57 Å². The van der Waals surface area contributed by atoms with Gasteiger partial charge in [0.15, 0.2) is 23.0 Å². The fourth-order valence-electron chi connectivity index (χ4n) is 10.2. The van der Waals surface area contributed by atoms with Crippen molar-refractivity contribution in [2.75, 3.05) is 0 Å². The number of rotatable bonds is 5. The van der Waals surface area contributed by atoms with Crippen LogP contribution in [-0.4, -0.2) is 4.57 Å². The number of aromatic nitrogens is 3. The standard InChI is InChI=1S/C57H55N3O/c1-32(2)42-14-12-15-43(33(3)4)51(42)40-22-23-48(36(7)28-40)59-49-17-13-16-44-45-30-41(56(9,10)11)31-46-50-29-39(38-20-18-34(5)19-21-38)24-25-58(50)57(52(45)46)60(53(44)49)55(59)47-27-35(6)26-37(8)54(47)61-57/h12-33H,1-11H3/q+2/i18D,19D,20D,21D,24D,25D,29D,32D. The number of fused-ring (bicyclic) bond motifs is 5. The minimum atomic E-state index is -1.67. The van der Waals surface area contributed by atoms with E-state index in [0.717, 1.165) is 83.7 Å². The van der Waals surface area contributed by atoms with Crippen LogP contribution in [0.5, 0.6) is 5.75 Å². The molecule has 0 bridgehead atoms. The molecule has 61 heavy (non-hydrogen) atoms. The number of ether oxygens (including phenoxy) is 1. The minimum absolute atomic E-state index is 0.131. The molecule has 8 aromatic rings. The van der Waals surface area contributed by atoms with Crippen LogP contribution < -0.4 is 13.9 Å². The Morgan fingerprint density at radius 1 is 0.705 bits per heavy atom. The van der Waals surface area contributed by atoms with E-state index in [1.54, 1.807) is 4.57 Å². The molecular weight excluding hydrogens is 743 g/mol. The quantitative estimate of drug-likeness (QED) is 0.159. The normalized spacial score (nSPS) is 17.6. The molecular formula is C57H55N3O+2. The van der Waals surface area contributed by atoms with E-state index in [1.807, 2.05) is 20.8 Å². The summed E-state index contributed by atoms with van der Waals surface area (Å²) in [6.45, 7) is 22.5.